The maximum Gasteiger partial charge on any atom is 0.225 e. The molecule has 0 radical (unpaired) electrons. The Morgan fingerprint density at radius 2 is 1.88 bits per heavy atom. The van der Waals surface area contributed by atoms with Crippen LogP contribution in [0.2, 0.25) is 0 Å². The van der Waals surface area contributed by atoms with Gasteiger partial charge in [0, 0.05) is 37.9 Å². The van der Waals surface area contributed by atoms with Crippen molar-refractivity contribution in [2.45, 2.75) is 45.4 Å². The summed E-state index contributed by atoms with van der Waals surface area (Å²) in [6, 6.07) is 8.34. The Morgan fingerprint density at radius 1 is 1.15 bits per heavy atom. The Morgan fingerprint density at radius 3 is 2.50 bits per heavy atom. The molecule has 2 aromatic rings. The lowest BCUT2D eigenvalue weighted by Gasteiger charge is -2.31. The first-order valence-electron chi connectivity index (χ1n) is 12.5. The quantitative estimate of drug-likeness (QED) is 0.589. The number of carbonyl (C=O) groups is 1. The Bertz CT molecular complexity index is 951. The normalized spacial score (nSPS) is 18.9. The average Bonchev–Trinajstić information content (AvgIpc) is 2.91. The number of hydrogen-bond acceptors (Lipinski definition) is 6. The number of amides is 1. The molecule has 34 heavy (non-hydrogen) atoms. The summed E-state index contributed by atoms with van der Waals surface area (Å²) in [7, 11) is 0. The summed E-state index contributed by atoms with van der Waals surface area (Å²) in [5.41, 5.74) is 3.66. The fourth-order valence-corrected chi connectivity index (χ4v) is 4.63. The molecule has 1 unspecified atom stereocenters. The first-order chi connectivity index (χ1) is 16.7. The molecule has 7 heteroatoms. The van der Waals surface area contributed by atoms with E-state index in [0.717, 1.165) is 69.9 Å². The van der Waals surface area contributed by atoms with Crippen molar-refractivity contribution in [3.05, 3.63) is 53.9 Å². The summed E-state index contributed by atoms with van der Waals surface area (Å²) in [5.74, 6) is 2.33. The van der Waals surface area contributed by atoms with E-state index in [1.54, 1.807) is 0 Å². The number of hydrogen-bond donors (Lipinski definition) is 2. The van der Waals surface area contributed by atoms with Crippen LogP contribution in [0.4, 0.5) is 5.95 Å². The Hall–Kier alpha value is -2.93. The van der Waals surface area contributed by atoms with Gasteiger partial charge in [0.25, 0.3) is 0 Å². The highest BCUT2D eigenvalue weighted by Crippen LogP contribution is 2.31. The van der Waals surface area contributed by atoms with E-state index >= 15 is 0 Å². The number of aromatic nitrogens is 2. The van der Waals surface area contributed by atoms with Crippen LogP contribution in [0.3, 0.4) is 0 Å². The molecule has 1 aromatic carbocycles. The molecule has 1 amide bonds. The van der Waals surface area contributed by atoms with Crippen LogP contribution in [-0.2, 0) is 11.2 Å². The predicted octanol–water partition coefficient (Wildman–Crippen LogP) is 3.63. The second-order valence-electron chi connectivity index (χ2n) is 9.23. The summed E-state index contributed by atoms with van der Waals surface area (Å²) in [6.07, 6.45) is 11.6. The van der Waals surface area contributed by atoms with Gasteiger partial charge in [0.05, 0.1) is 13.2 Å². The molecule has 0 spiro atoms. The Balaban J connectivity index is 1.21. The molecule has 1 saturated heterocycles. The lowest BCUT2D eigenvalue weighted by molar-refractivity contribution is -0.125. The highest BCUT2D eigenvalue weighted by Gasteiger charge is 2.23. The third-order valence-corrected chi connectivity index (χ3v) is 6.90. The van der Waals surface area contributed by atoms with Crippen LogP contribution in [0.1, 0.15) is 50.2 Å². The van der Waals surface area contributed by atoms with Crippen LogP contribution in [0.15, 0.2) is 42.7 Å². The number of piperidine rings is 1. The molecule has 1 atom stereocenters. The summed E-state index contributed by atoms with van der Waals surface area (Å²) in [4.78, 5) is 23.4. The largest absolute Gasteiger partial charge is 0.493 e. The molecule has 1 fully saturated rings. The molecule has 4 rings (SSSR count). The number of benzene rings is 1. The van der Waals surface area contributed by atoms with Gasteiger partial charge in [0.2, 0.25) is 11.9 Å². The van der Waals surface area contributed by atoms with Crippen molar-refractivity contribution < 1.29 is 14.6 Å². The van der Waals surface area contributed by atoms with E-state index in [0.29, 0.717) is 12.5 Å². The number of ether oxygens (including phenoxy) is 1. The monoisotopic (exact) mass is 464 g/mol. The SMILES string of the molecule is CCc1cnc(N2CCC(COc3ccc(C4=CCC(C(=O)NCCO)CC4)cc3)CC2)nc1. The summed E-state index contributed by atoms with van der Waals surface area (Å²) in [6.45, 7) is 5.08. The number of carbonyl (C=O) groups excluding carboxylic acids is 1. The van der Waals surface area contributed by atoms with Gasteiger partial charge in [-0.15, -0.1) is 0 Å². The molecule has 182 valence electrons. The van der Waals surface area contributed by atoms with Crippen molar-refractivity contribution >= 4 is 17.4 Å². The molecule has 1 aromatic heterocycles. The minimum absolute atomic E-state index is 0.00610. The van der Waals surface area contributed by atoms with Crippen molar-refractivity contribution in [2.75, 3.05) is 37.7 Å². The molecule has 2 N–H and O–H groups in total. The van der Waals surface area contributed by atoms with Crippen molar-refractivity contribution in [3.63, 3.8) is 0 Å². The van der Waals surface area contributed by atoms with E-state index in [1.165, 1.54) is 16.7 Å². The minimum Gasteiger partial charge on any atom is -0.493 e. The van der Waals surface area contributed by atoms with Gasteiger partial charge in [0.15, 0.2) is 0 Å². The molecule has 7 nitrogen and oxygen atoms in total. The zero-order valence-corrected chi connectivity index (χ0v) is 20.1. The number of nitrogens with one attached hydrogen (secondary N) is 1. The predicted molar refractivity (Wildman–Crippen MR) is 134 cm³/mol. The summed E-state index contributed by atoms with van der Waals surface area (Å²) >= 11 is 0. The van der Waals surface area contributed by atoms with Crippen molar-refractivity contribution in [2.24, 2.45) is 11.8 Å². The van der Waals surface area contributed by atoms with E-state index in [9.17, 15) is 4.79 Å². The van der Waals surface area contributed by atoms with E-state index in [4.69, 9.17) is 9.84 Å². The molecular formula is C27H36N4O3. The smallest absolute Gasteiger partial charge is 0.225 e. The maximum absolute atomic E-state index is 12.1. The number of allylic oxidation sites excluding steroid dienone is 2. The van der Waals surface area contributed by atoms with Gasteiger partial charge < -0.3 is 20.1 Å². The first kappa shape index (κ1) is 24.2. The van der Waals surface area contributed by atoms with E-state index in [1.807, 2.05) is 12.4 Å². The zero-order chi connectivity index (χ0) is 23.8. The molecule has 0 saturated carbocycles. The number of aliphatic hydroxyl groups excluding tert-OH is 1. The van der Waals surface area contributed by atoms with Crippen LogP contribution >= 0.6 is 0 Å². The lowest BCUT2D eigenvalue weighted by atomic mass is 9.86. The van der Waals surface area contributed by atoms with Gasteiger partial charge in [-0.1, -0.05) is 25.1 Å². The lowest BCUT2D eigenvalue weighted by Crippen LogP contribution is -2.36. The van der Waals surface area contributed by atoms with Gasteiger partial charge >= 0.3 is 0 Å². The van der Waals surface area contributed by atoms with Crippen LogP contribution in [0.25, 0.3) is 5.57 Å². The second-order valence-corrected chi connectivity index (χ2v) is 9.23. The molecule has 2 aliphatic rings. The number of nitrogens with zero attached hydrogens (tertiary/aromatic N) is 3. The zero-order valence-electron chi connectivity index (χ0n) is 20.1. The third kappa shape index (κ3) is 6.35. The fraction of sp³-hybridized carbons (Fsp3) is 0.519. The Labute approximate surface area is 202 Å². The fourth-order valence-electron chi connectivity index (χ4n) is 4.63. The highest BCUT2D eigenvalue weighted by molar-refractivity contribution is 5.80. The van der Waals surface area contributed by atoms with Gasteiger partial charge in [-0.3, -0.25) is 4.79 Å². The van der Waals surface area contributed by atoms with Crippen molar-refractivity contribution in [1.82, 2.24) is 15.3 Å². The van der Waals surface area contributed by atoms with Crippen LogP contribution < -0.4 is 15.0 Å². The average molecular weight is 465 g/mol. The van der Waals surface area contributed by atoms with Gasteiger partial charge in [0.1, 0.15) is 5.75 Å². The van der Waals surface area contributed by atoms with Crippen molar-refractivity contribution in [3.8, 4) is 5.75 Å². The first-order valence-corrected chi connectivity index (χ1v) is 12.5. The molecule has 0 bridgehead atoms. The minimum atomic E-state index is -0.0182. The third-order valence-electron chi connectivity index (χ3n) is 6.90. The van der Waals surface area contributed by atoms with Crippen LogP contribution in [0.5, 0.6) is 5.75 Å². The van der Waals surface area contributed by atoms with Gasteiger partial charge in [-0.25, -0.2) is 9.97 Å². The van der Waals surface area contributed by atoms with Crippen molar-refractivity contribution in [1.29, 1.82) is 0 Å². The van der Waals surface area contributed by atoms with E-state index in [2.05, 4.69) is 57.4 Å². The van der Waals surface area contributed by atoms with Crippen LogP contribution in [-0.4, -0.2) is 53.8 Å². The van der Waals surface area contributed by atoms with Gasteiger partial charge in [-0.2, -0.15) is 0 Å². The summed E-state index contributed by atoms with van der Waals surface area (Å²) in [5, 5.41) is 11.6. The number of aryl methyl sites for hydroxylation is 1. The number of aliphatic hydroxyl groups is 1. The molecule has 1 aliphatic carbocycles. The number of rotatable bonds is 9. The topological polar surface area (TPSA) is 87.6 Å². The number of anilines is 1. The van der Waals surface area contributed by atoms with Crippen LogP contribution in [0, 0.1) is 11.8 Å². The molecule has 2 heterocycles. The standard InChI is InChI=1S/C27H36N4O3/c1-2-20-17-29-27(30-18-20)31-14-11-21(12-15-31)19-34-25-9-7-23(8-10-25)22-3-5-24(6-4-22)26(33)28-13-16-32/h3,7-10,17-18,21,24,32H,2,4-6,11-16,19H2,1H3,(H,28,33). The second kappa shape index (κ2) is 12.0. The van der Waals surface area contributed by atoms with Gasteiger partial charge in [-0.05, 0) is 73.3 Å². The van der Waals surface area contributed by atoms with E-state index in [-0.39, 0.29) is 18.4 Å². The summed E-state index contributed by atoms with van der Waals surface area (Å²) < 4.78 is 6.10. The Kier molecular flexibility index (Phi) is 8.52. The highest BCUT2D eigenvalue weighted by atomic mass is 16.5. The maximum atomic E-state index is 12.1. The molecule has 1 aliphatic heterocycles. The van der Waals surface area contributed by atoms with E-state index < -0.39 is 0 Å². The molecular weight excluding hydrogens is 428 g/mol.